The van der Waals surface area contributed by atoms with Gasteiger partial charge in [-0.05, 0) is 51.3 Å². The van der Waals surface area contributed by atoms with Gasteiger partial charge < -0.3 is 9.47 Å². The molecule has 1 rings (SSSR count). The van der Waals surface area contributed by atoms with Gasteiger partial charge in [0.15, 0.2) is 0 Å². The van der Waals surface area contributed by atoms with Crippen LogP contribution in [0.1, 0.15) is 26.3 Å². The van der Waals surface area contributed by atoms with Gasteiger partial charge >= 0.3 is 0 Å². The minimum atomic E-state index is -0.212. The first-order valence-electron chi connectivity index (χ1n) is 5.91. The standard InChI is InChI=1S/C14H20N2O2S/c1-14(2,3)18-12-8-6-11(7-9-12)13(16-15-4)17-10-19-5/h6-9H,4,10H2,1-3,5H3/b16-13-. The maximum absolute atomic E-state index is 5.76. The average molecular weight is 280 g/mol. The number of benzene rings is 1. The molecule has 0 saturated heterocycles. The second-order valence-corrected chi connectivity index (χ2v) is 5.65. The molecule has 0 unspecified atom stereocenters. The van der Waals surface area contributed by atoms with Crippen LogP contribution >= 0.6 is 11.8 Å². The van der Waals surface area contributed by atoms with Gasteiger partial charge in [0.1, 0.15) is 17.3 Å². The van der Waals surface area contributed by atoms with E-state index < -0.39 is 0 Å². The fourth-order valence-corrected chi connectivity index (χ4v) is 1.60. The number of nitrogens with zero attached hydrogens (tertiary/aromatic N) is 2. The van der Waals surface area contributed by atoms with Crippen LogP contribution in [0.3, 0.4) is 0 Å². The highest BCUT2D eigenvalue weighted by molar-refractivity contribution is 7.98. The molecule has 0 radical (unpaired) electrons. The van der Waals surface area contributed by atoms with Gasteiger partial charge in [-0.1, -0.05) is 0 Å². The molecule has 0 saturated carbocycles. The summed E-state index contributed by atoms with van der Waals surface area (Å²) in [4.78, 5) is 0. The summed E-state index contributed by atoms with van der Waals surface area (Å²) >= 11 is 1.57. The van der Waals surface area contributed by atoms with E-state index in [0.29, 0.717) is 11.8 Å². The Kier molecular flexibility index (Phi) is 5.89. The molecule has 0 aliphatic rings. The predicted octanol–water partition coefficient (Wildman–Crippen LogP) is 3.56. The summed E-state index contributed by atoms with van der Waals surface area (Å²) in [6.07, 6.45) is 1.96. The lowest BCUT2D eigenvalue weighted by molar-refractivity contribution is 0.131. The molecule has 104 valence electrons. The van der Waals surface area contributed by atoms with Crippen LogP contribution in [-0.2, 0) is 4.74 Å². The maximum Gasteiger partial charge on any atom is 0.241 e. The lowest BCUT2D eigenvalue weighted by atomic mass is 10.1. The van der Waals surface area contributed by atoms with E-state index in [0.717, 1.165) is 11.3 Å². The van der Waals surface area contributed by atoms with Crippen LogP contribution in [0.5, 0.6) is 5.75 Å². The Labute approximate surface area is 118 Å². The van der Waals surface area contributed by atoms with Crippen molar-refractivity contribution in [2.45, 2.75) is 26.4 Å². The fourth-order valence-electron chi connectivity index (χ4n) is 1.37. The largest absolute Gasteiger partial charge is 0.488 e. The number of rotatable bonds is 5. The normalized spacial score (nSPS) is 12.1. The molecule has 0 aliphatic heterocycles. The van der Waals surface area contributed by atoms with E-state index in [1.165, 1.54) is 0 Å². The quantitative estimate of drug-likeness (QED) is 0.358. The molecule has 0 spiro atoms. The summed E-state index contributed by atoms with van der Waals surface area (Å²) in [6.45, 7) is 9.38. The van der Waals surface area contributed by atoms with Crippen LogP contribution < -0.4 is 4.74 Å². The van der Waals surface area contributed by atoms with Crippen LogP contribution in [0.4, 0.5) is 0 Å². The van der Waals surface area contributed by atoms with E-state index >= 15 is 0 Å². The number of hydrogen-bond donors (Lipinski definition) is 0. The van der Waals surface area contributed by atoms with E-state index in [9.17, 15) is 0 Å². The van der Waals surface area contributed by atoms with Crippen molar-refractivity contribution in [3.8, 4) is 5.75 Å². The van der Waals surface area contributed by atoms with Crippen molar-refractivity contribution < 1.29 is 9.47 Å². The first kappa shape index (κ1) is 15.6. The van der Waals surface area contributed by atoms with Gasteiger partial charge in [-0.25, -0.2) is 0 Å². The third-order valence-corrected chi connectivity index (χ3v) is 2.35. The third-order valence-electron chi connectivity index (χ3n) is 2.00. The molecule has 4 nitrogen and oxygen atoms in total. The van der Waals surface area contributed by atoms with Crippen molar-refractivity contribution in [3.05, 3.63) is 29.8 Å². The van der Waals surface area contributed by atoms with E-state index in [-0.39, 0.29) is 5.60 Å². The molecule has 1 aromatic carbocycles. The fraction of sp³-hybridized carbons (Fsp3) is 0.429. The molecule has 0 aromatic heterocycles. The molecular formula is C14H20N2O2S. The summed E-state index contributed by atoms with van der Waals surface area (Å²) < 4.78 is 11.3. The predicted molar refractivity (Wildman–Crippen MR) is 82.4 cm³/mol. The lowest BCUT2D eigenvalue weighted by Gasteiger charge is -2.21. The molecule has 0 bridgehead atoms. The smallest absolute Gasteiger partial charge is 0.241 e. The Balaban J connectivity index is 2.83. The van der Waals surface area contributed by atoms with Crippen LogP contribution in [-0.4, -0.2) is 30.4 Å². The highest BCUT2D eigenvalue weighted by atomic mass is 32.2. The maximum atomic E-state index is 5.76. The molecular weight excluding hydrogens is 260 g/mol. The second kappa shape index (κ2) is 7.19. The van der Waals surface area contributed by atoms with Crippen molar-refractivity contribution in [3.63, 3.8) is 0 Å². The number of ether oxygens (including phenoxy) is 2. The van der Waals surface area contributed by atoms with Gasteiger partial charge in [-0.3, -0.25) is 0 Å². The average Bonchev–Trinajstić information content (AvgIpc) is 2.34. The first-order valence-corrected chi connectivity index (χ1v) is 7.30. The van der Waals surface area contributed by atoms with Gasteiger partial charge in [0.2, 0.25) is 5.90 Å². The SMILES string of the molecule is C=N/N=C(\OCSC)c1ccc(OC(C)(C)C)cc1. The number of hydrogen-bond acceptors (Lipinski definition) is 5. The molecule has 0 N–H and O–H groups in total. The van der Waals surface area contributed by atoms with Gasteiger partial charge in [-0.15, -0.1) is 16.9 Å². The molecule has 0 amide bonds. The molecule has 0 atom stereocenters. The van der Waals surface area contributed by atoms with Crippen molar-refractivity contribution in [1.82, 2.24) is 0 Å². The van der Waals surface area contributed by atoms with Crippen molar-refractivity contribution >= 4 is 24.4 Å². The zero-order chi connectivity index (χ0) is 14.3. The number of thioether (sulfide) groups is 1. The van der Waals surface area contributed by atoms with Gasteiger partial charge in [-0.2, -0.15) is 5.10 Å². The van der Waals surface area contributed by atoms with E-state index in [2.05, 4.69) is 16.9 Å². The Hall–Kier alpha value is -1.49. The summed E-state index contributed by atoms with van der Waals surface area (Å²) in [5, 5.41) is 7.41. The van der Waals surface area contributed by atoms with Crippen LogP contribution in [0.15, 0.2) is 34.5 Å². The Morgan fingerprint density at radius 2 is 1.89 bits per heavy atom. The third kappa shape index (κ3) is 5.79. The van der Waals surface area contributed by atoms with Crippen LogP contribution in [0.2, 0.25) is 0 Å². The molecule has 19 heavy (non-hydrogen) atoms. The van der Waals surface area contributed by atoms with E-state index in [4.69, 9.17) is 9.47 Å². The van der Waals surface area contributed by atoms with Crippen molar-refractivity contribution in [2.75, 3.05) is 12.2 Å². The zero-order valence-corrected chi connectivity index (χ0v) is 12.7. The molecule has 0 aliphatic carbocycles. The Bertz CT molecular complexity index is 436. The Morgan fingerprint density at radius 3 is 2.37 bits per heavy atom. The first-order chi connectivity index (χ1) is 8.96. The molecule has 1 aromatic rings. The molecule has 0 fully saturated rings. The van der Waals surface area contributed by atoms with Crippen molar-refractivity contribution in [2.24, 2.45) is 10.2 Å². The minimum absolute atomic E-state index is 0.212. The van der Waals surface area contributed by atoms with Gasteiger partial charge in [0.25, 0.3) is 0 Å². The van der Waals surface area contributed by atoms with Gasteiger partial charge in [0.05, 0.1) is 0 Å². The van der Waals surface area contributed by atoms with Crippen LogP contribution in [0.25, 0.3) is 0 Å². The highest BCUT2D eigenvalue weighted by Gasteiger charge is 2.12. The summed E-state index contributed by atoms with van der Waals surface area (Å²) in [7, 11) is 0. The van der Waals surface area contributed by atoms with Crippen molar-refractivity contribution in [1.29, 1.82) is 0 Å². The monoisotopic (exact) mass is 280 g/mol. The summed E-state index contributed by atoms with van der Waals surface area (Å²) in [5.41, 5.74) is 0.638. The highest BCUT2D eigenvalue weighted by Crippen LogP contribution is 2.19. The lowest BCUT2D eigenvalue weighted by Crippen LogP contribution is -2.22. The topological polar surface area (TPSA) is 43.2 Å². The molecule has 5 heteroatoms. The van der Waals surface area contributed by atoms with E-state index in [1.54, 1.807) is 11.8 Å². The summed E-state index contributed by atoms with van der Waals surface area (Å²) in [5.74, 6) is 1.80. The Morgan fingerprint density at radius 1 is 1.26 bits per heavy atom. The van der Waals surface area contributed by atoms with E-state index in [1.807, 2.05) is 51.3 Å². The minimum Gasteiger partial charge on any atom is -0.488 e. The molecule has 0 heterocycles. The van der Waals surface area contributed by atoms with Gasteiger partial charge in [0, 0.05) is 12.3 Å². The summed E-state index contributed by atoms with van der Waals surface area (Å²) in [6, 6.07) is 7.57. The zero-order valence-electron chi connectivity index (χ0n) is 11.8. The second-order valence-electron chi connectivity index (χ2n) is 4.84. The van der Waals surface area contributed by atoms with Crippen LogP contribution in [0, 0.1) is 0 Å².